The van der Waals surface area contributed by atoms with Crippen LogP contribution in [0.5, 0.6) is 0 Å². The predicted octanol–water partition coefficient (Wildman–Crippen LogP) is 14.3. The zero-order valence-electron chi connectivity index (χ0n) is 41.4. The van der Waals surface area contributed by atoms with Crippen molar-refractivity contribution in [2.45, 2.75) is 105 Å². The normalized spacial score (nSPS) is 16.5. The summed E-state index contributed by atoms with van der Waals surface area (Å²) in [4.78, 5) is 29.3. The highest BCUT2D eigenvalue weighted by molar-refractivity contribution is 5.97. The number of aromatic nitrogens is 4. The first-order chi connectivity index (χ1) is 33.5. The molecule has 9 rings (SSSR count). The highest BCUT2D eigenvalue weighted by Gasteiger charge is 2.24. The number of fused-ring (bicyclic) bond motifs is 8. The van der Waals surface area contributed by atoms with Gasteiger partial charge in [0.15, 0.2) is 0 Å². The van der Waals surface area contributed by atoms with Gasteiger partial charge in [-0.15, -0.1) is 0 Å². The number of allylic oxidation sites excluding steroid dienone is 8. The predicted molar refractivity (Wildman–Crippen MR) is 292 cm³/mol. The number of hydrogen-bond donors (Lipinski definition) is 2. The zero-order chi connectivity index (χ0) is 46.7. The summed E-state index contributed by atoms with van der Waals surface area (Å²) in [6.07, 6.45) is 50.7. The van der Waals surface area contributed by atoms with Crippen molar-refractivity contribution in [3.63, 3.8) is 0 Å². The Bertz CT molecular complexity index is 2410. The summed E-state index contributed by atoms with van der Waals surface area (Å²) < 4.78 is 0. The van der Waals surface area contributed by atoms with Crippen LogP contribution in [0.1, 0.15) is 150 Å². The molecule has 68 heavy (non-hydrogen) atoms. The van der Waals surface area contributed by atoms with Gasteiger partial charge in [-0.2, -0.15) is 0 Å². The molecule has 0 spiro atoms. The summed E-state index contributed by atoms with van der Waals surface area (Å²) in [5.74, 6) is 0. The standard InChI is InChI=1S/C60H74N8/c1-5-9-13-33-65-37-17-21-45(41-65)57-49-25-27-51(61-49)58(46-22-18-38-66(42-46)34-14-10-6-2)53-29-31-55(63-53)60(48-24-20-40-68(44-48)36-16-12-8-4)56-32-30-54(64-56)59(52-28-26-50(57)62-52)47-23-19-39-67(43-47)35-15-11-7-3/h17-32,37-40,61,64H,5-16,33-36,41-44H2,1-4H3. The summed E-state index contributed by atoms with van der Waals surface area (Å²) in [5, 5.41) is 0. The molecule has 8 heteroatoms. The maximum Gasteiger partial charge on any atom is 0.0734 e. The second-order valence-corrected chi connectivity index (χ2v) is 19.3. The topological polar surface area (TPSA) is 70.3 Å². The van der Waals surface area contributed by atoms with E-state index in [4.69, 9.17) is 9.97 Å². The summed E-state index contributed by atoms with van der Waals surface area (Å²) in [7, 11) is 0. The van der Waals surface area contributed by atoms with Gasteiger partial charge in [0.05, 0.1) is 22.8 Å². The monoisotopic (exact) mass is 907 g/mol. The Morgan fingerprint density at radius 2 is 0.618 bits per heavy atom. The second-order valence-electron chi connectivity index (χ2n) is 19.3. The SMILES string of the molecule is CCCCCN1C=CC=C(c2c3nc(c(C4=CC=CN(CCCCC)C4)c4ccc([nH]4)c(C4=CC=CN(CCCCC)C4)c4nc(c(C5=CC=CN(CCCCC)C5)c5ccc2[nH]5)C=C4)C=C3)C1. The van der Waals surface area contributed by atoms with Gasteiger partial charge in [-0.3, -0.25) is 0 Å². The van der Waals surface area contributed by atoms with E-state index >= 15 is 0 Å². The number of rotatable bonds is 20. The van der Waals surface area contributed by atoms with E-state index in [1.54, 1.807) is 0 Å². The maximum absolute atomic E-state index is 5.68. The van der Waals surface area contributed by atoms with Crippen LogP contribution < -0.4 is 0 Å². The lowest BCUT2D eigenvalue weighted by Gasteiger charge is -2.26. The minimum Gasteiger partial charge on any atom is -0.373 e. The van der Waals surface area contributed by atoms with Crippen molar-refractivity contribution in [3.8, 4) is 0 Å². The summed E-state index contributed by atoms with van der Waals surface area (Å²) in [5.41, 5.74) is 17.9. The minimum absolute atomic E-state index is 0.831. The van der Waals surface area contributed by atoms with Gasteiger partial charge in [-0.1, -0.05) is 103 Å². The molecule has 8 bridgehead atoms. The Hall–Kier alpha value is -6.28. The highest BCUT2D eigenvalue weighted by atomic mass is 15.1. The largest absolute Gasteiger partial charge is 0.373 e. The summed E-state index contributed by atoms with van der Waals surface area (Å²) in [6.45, 7) is 16.6. The molecule has 0 radical (unpaired) electrons. The van der Waals surface area contributed by atoms with E-state index in [0.29, 0.717) is 0 Å². The van der Waals surface area contributed by atoms with Crippen molar-refractivity contribution in [2.24, 2.45) is 0 Å². The average Bonchev–Trinajstić information content (AvgIpc) is 4.21. The fraction of sp³-hybridized carbons (Fsp3) is 0.400. The van der Waals surface area contributed by atoms with E-state index in [2.05, 4.69) is 179 Å². The molecule has 0 saturated carbocycles. The molecule has 0 fully saturated rings. The van der Waals surface area contributed by atoms with E-state index in [1.165, 1.54) is 99.3 Å². The molecular weight excluding hydrogens is 833 g/mol. The van der Waals surface area contributed by atoms with Crippen LogP contribution in [-0.4, -0.2) is 91.9 Å². The fourth-order valence-corrected chi connectivity index (χ4v) is 10.5. The molecule has 3 aromatic rings. The molecule has 9 heterocycles. The molecule has 6 aliphatic rings. The van der Waals surface area contributed by atoms with E-state index in [9.17, 15) is 0 Å². The molecule has 6 aliphatic heterocycles. The van der Waals surface area contributed by atoms with Crippen molar-refractivity contribution in [1.29, 1.82) is 0 Å². The lowest BCUT2D eigenvalue weighted by Crippen LogP contribution is -2.23. The minimum atomic E-state index is 0.831. The number of hydrogen-bond acceptors (Lipinski definition) is 6. The summed E-state index contributed by atoms with van der Waals surface area (Å²) in [6, 6.07) is 9.14. The number of aromatic amines is 2. The van der Waals surface area contributed by atoms with Gasteiger partial charge in [0.2, 0.25) is 0 Å². The Morgan fingerprint density at radius 3 is 0.853 bits per heavy atom. The molecule has 0 aromatic carbocycles. The first kappa shape index (κ1) is 46.8. The van der Waals surface area contributed by atoms with Crippen LogP contribution in [-0.2, 0) is 0 Å². The lowest BCUT2D eigenvalue weighted by atomic mass is 10.0. The van der Waals surface area contributed by atoms with Gasteiger partial charge >= 0.3 is 0 Å². The van der Waals surface area contributed by atoms with E-state index < -0.39 is 0 Å². The third kappa shape index (κ3) is 10.9. The van der Waals surface area contributed by atoms with Crippen molar-refractivity contribution in [3.05, 3.63) is 143 Å². The van der Waals surface area contributed by atoms with Crippen LogP contribution in [0.3, 0.4) is 0 Å². The Morgan fingerprint density at radius 1 is 0.368 bits per heavy atom. The van der Waals surface area contributed by atoms with Gasteiger partial charge < -0.3 is 29.6 Å². The van der Waals surface area contributed by atoms with Crippen LogP contribution >= 0.6 is 0 Å². The van der Waals surface area contributed by atoms with Crippen LogP contribution in [0.15, 0.2) is 97.7 Å². The van der Waals surface area contributed by atoms with Crippen LogP contribution in [0, 0.1) is 0 Å². The van der Waals surface area contributed by atoms with Gasteiger partial charge in [0, 0.05) is 96.7 Å². The van der Waals surface area contributed by atoms with E-state index in [0.717, 1.165) is 119 Å². The van der Waals surface area contributed by atoms with Crippen LogP contribution in [0.2, 0.25) is 0 Å². The number of H-pyrrole nitrogens is 2. The molecule has 0 atom stereocenters. The smallest absolute Gasteiger partial charge is 0.0734 e. The van der Waals surface area contributed by atoms with E-state index in [1.807, 2.05) is 0 Å². The molecule has 0 aliphatic carbocycles. The molecule has 3 aromatic heterocycles. The maximum atomic E-state index is 5.68. The Kier molecular flexibility index (Phi) is 15.6. The molecule has 0 saturated heterocycles. The van der Waals surface area contributed by atoms with Crippen molar-refractivity contribution >= 4 is 68.7 Å². The Labute approximate surface area is 406 Å². The molecule has 2 N–H and O–H groups in total. The molecule has 354 valence electrons. The van der Waals surface area contributed by atoms with Crippen molar-refractivity contribution in [2.75, 3.05) is 52.4 Å². The second kappa shape index (κ2) is 22.7. The van der Waals surface area contributed by atoms with Crippen molar-refractivity contribution in [1.82, 2.24) is 39.5 Å². The number of nitrogens with one attached hydrogen (secondary N) is 2. The average molecular weight is 907 g/mol. The third-order valence-corrected chi connectivity index (χ3v) is 14.1. The van der Waals surface area contributed by atoms with Gasteiger partial charge in [-0.25, -0.2) is 9.97 Å². The van der Waals surface area contributed by atoms with Gasteiger partial charge in [0.25, 0.3) is 0 Å². The first-order valence-electron chi connectivity index (χ1n) is 26.2. The highest BCUT2D eigenvalue weighted by Crippen LogP contribution is 2.37. The number of nitrogens with zero attached hydrogens (tertiary/aromatic N) is 6. The van der Waals surface area contributed by atoms with Gasteiger partial charge in [-0.05, 0) is 146 Å². The lowest BCUT2D eigenvalue weighted by molar-refractivity contribution is 0.401. The zero-order valence-corrected chi connectivity index (χ0v) is 41.4. The molecule has 0 amide bonds. The van der Waals surface area contributed by atoms with E-state index in [-0.39, 0.29) is 0 Å². The van der Waals surface area contributed by atoms with Crippen LogP contribution in [0.25, 0.3) is 68.7 Å². The third-order valence-electron chi connectivity index (χ3n) is 14.1. The first-order valence-corrected chi connectivity index (χ1v) is 26.2. The molecular formula is C60H74N8. The summed E-state index contributed by atoms with van der Waals surface area (Å²) >= 11 is 0. The van der Waals surface area contributed by atoms with Crippen LogP contribution in [0.4, 0.5) is 0 Å². The Balaban J connectivity index is 1.29. The van der Waals surface area contributed by atoms with Gasteiger partial charge in [0.1, 0.15) is 0 Å². The van der Waals surface area contributed by atoms with Crippen molar-refractivity contribution < 1.29 is 0 Å². The molecule has 0 unspecified atom stereocenters. The quantitative estimate of drug-likeness (QED) is 0.0758. The number of unbranched alkanes of at least 4 members (excludes halogenated alkanes) is 8. The fourth-order valence-electron chi connectivity index (χ4n) is 10.5. The molecule has 8 nitrogen and oxygen atoms in total.